The second-order valence-electron chi connectivity index (χ2n) is 18.8. The van der Waals surface area contributed by atoms with Crippen LogP contribution >= 0.6 is 0 Å². The predicted octanol–water partition coefficient (Wildman–Crippen LogP) is 6.77. The van der Waals surface area contributed by atoms with Gasteiger partial charge < -0.3 is 36.4 Å². The van der Waals surface area contributed by atoms with E-state index in [-0.39, 0.29) is 37.0 Å². The smallest absolute Gasteiger partial charge is 0.407 e. The molecule has 0 saturated carbocycles. The van der Waals surface area contributed by atoms with Gasteiger partial charge in [-0.25, -0.2) is 9.59 Å². The number of primary amides is 2. The fourth-order valence-corrected chi connectivity index (χ4v) is 10.8. The molecule has 0 unspecified atom stereocenters. The van der Waals surface area contributed by atoms with Crippen LogP contribution in [0, 0.1) is 11.8 Å². The van der Waals surface area contributed by atoms with Crippen LogP contribution in [0.4, 0.5) is 15.3 Å². The van der Waals surface area contributed by atoms with E-state index in [4.69, 9.17) is 11.5 Å². The molecule has 3 aliphatic heterocycles. The number of carbonyl (C=O) groups excluding carboxylic acids is 4. The van der Waals surface area contributed by atoms with E-state index in [0.717, 1.165) is 39.5 Å². The van der Waals surface area contributed by atoms with Crippen LogP contribution in [0.3, 0.4) is 0 Å². The Labute approximate surface area is 376 Å². The van der Waals surface area contributed by atoms with Crippen LogP contribution in [-0.4, -0.2) is 105 Å². The molecule has 15 heteroatoms. The Kier molecular flexibility index (Phi) is 13.7. The zero-order valence-electron chi connectivity index (χ0n) is 38.4. The van der Waals surface area contributed by atoms with Gasteiger partial charge in [0.1, 0.15) is 23.2 Å². The highest BCUT2D eigenvalue weighted by atomic mass is 16.4. The van der Waals surface area contributed by atoms with Gasteiger partial charge in [-0.1, -0.05) is 102 Å². The Morgan fingerprint density at radius 2 is 0.953 bits per heavy atom. The van der Waals surface area contributed by atoms with Crippen LogP contribution in [-0.2, 0) is 30.3 Å². The molecule has 0 spiro atoms. The van der Waals surface area contributed by atoms with Gasteiger partial charge in [0.2, 0.25) is 23.6 Å². The summed E-state index contributed by atoms with van der Waals surface area (Å²) >= 11 is 0. The number of rotatable bonds is 14. The van der Waals surface area contributed by atoms with Gasteiger partial charge in [-0.2, -0.15) is 0 Å². The molecule has 3 heterocycles. The van der Waals surface area contributed by atoms with Crippen LogP contribution in [0.25, 0.3) is 0 Å². The molecule has 15 nitrogen and oxygen atoms in total. The summed E-state index contributed by atoms with van der Waals surface area (Å²) in [6, 6.07) is 21.8. The first kappa shape index (κ1) is 47.4. The quantitative estimate of drug-likeness (QED) is 0.134. The van der Waals surface area contributed by atoms with Crippen LogP contribution in [0.1, 0.15) is 126 Å². The van der Waals surface area contributed by atoms with Crippen LogP contribution in [0.5, 0.6) is 0 Å². The van der Waals surface area contributed by atoms with E-state index < -0.39 is 59.0 Å². The number of carboxylic acid groups (broad SMARTS) is 2. The van der Waals surface area contributed by atoms with Crippen LogP contribution in [0.2, 0.25) is 0 Å². The van der Waals surface area contributed by atoms with E-state index in [1.54, 1.807) is 27.7 Å². The van der Waals surface area contributed by atoms with Crippen molar-refractivity contribution in [2.75, 3.05) is 32.1 Å². The summed E-state index contributed by atoms with van der Waals surface area (Å²) in [7, 11) is 2.73. The highest BCUT2D eigenvalue weighted by molar-refractivity contribution is 5.96. The SMILES string of the molecule is CC(C)c1ccc(N2[C@@H](c3ccc([C@]4(C(N)=O)CCCN4C(=O)[C@H](C(C)C)N(C)C(=O)O)cc3)CC[C@@H]2c2ccc([C@]3(C(N)=O)CCCN3C(=O)[C@H](C(C)C)N(C)C(=O)O)cc2)cc1. The number of hydrogen-bond donors (Lipinski definition) is 4. The van der Waals surface area contributed by atoms with Crippen molar-refractivity contribution in [1.29, 1.82) is 0 Å². The van der Waals surface area contributed by atoms with Crippen molar-refractivity contribution in [3.63, 3.8) is 0 Å². The Balaban J connectivity index is 1.35. The molecule has 344 valence electrons. The number of amides is 6. The van der Waals surface area contributed by atoms with Gasteiger partial charge in [0, 0.05) is 32.9 Å². The first-order chi connectivity index (χ1) is 30.2. The van der Waals surface area contributed by atoms with E-state index in [0.29, 0.717) is 42.7 Å². The van der Waals surface area contributed by atoms with E-state index in [1.165, 1.54) is 29.5 Å². The Bertz CT molecular complexity index is 2100. The normalized spacial score (nSPS) is 23.1. The van der Waals surface area contributed by atoms with E-state index in [1.807, 2.05) is 48.5 Å². The lowest BCUT2D eigenvalue weighted by atomic mass is 9.84. The predicted molar refractivity (Wildman–Crippen MR) is 243 cm³/mol. The maximum atomic E-state index is 14.2. The summed E-state index contributed by atoms with van der Waals surface area (Å²) in [5.74, 6) is -2.62. The minimum Gasteiger partial charge on any atom is -0.465 e. The van der Waals surface area contributed by atoms with Gasteiger partial charge in [-0.3, -0.25) is 29.0 Å². The van der Waals surface area contributed by atoms with Crippen molar-refractivity contribution >= 4 is 41.5 Å². The van der Waals surface area contributed by atoms with Crippen molar-refractivity contribution in [2.24, 2.45) is 23.3 Å². The molecule has 6 N–H and O–H groups in total. The average Bonchev–Trinajstić information content (AvgIpc) is 4.02. The molecule has 0 aromatic heterocycles. The lowest BCUT2D eigenvalue weighted by Crippen LogP contribution is -2.59. The number of benzene rings is 3. The summed E-state index contributed by atoms with van der Waals surface area (Å²) < 4.78 is 0. The molecule has 3 aromatic rings. The summed E-state index contributed by atoms with van der Waals surface area (Å²) in [4.78, 5) is 86.8. The molecule has 3 aromatic carbocycles. The standard InChI is InChI=1S/C49H65N7O8/c1-29(2)32-15-21-37(22-16-32)56-38(33-11-17-35(18-12-33)48(44(50)59)25-9-27-54(48)42(57)40(30(3)4)52(7)46(61)62)23-24-39(56)34-13-19-36(20-14-34)49(45(51)60)26-10-28-55(49)43(58)41(31(5)6)53(8)47(63)64/h11-22,29-31,38-41H,9-10,23-28H2,1-8H3,(H2,50,59)(H2,51,60)(H,61,62)(H,63,64)/t38-,39-,40+,41+,48+,49+/m1/s1. The fraction of sp³-hybridized carbons (Fsp3) is 0.510. The lowest BCUT2D eigenvalue weighted by Gasteiger charge is -2.41. The van der Waals surface area contributed by atoms with Crippen molar-refractivity contribution < 1.29 is 39.0 Å². The lowest BCUT2D eigenvalue weighted by molar-refractivity contribution is -0.148. The minimum absolute atomic E-state index is 0.0943. The maximum absolute atomic E-state index is 14.2. The van der Waals surface area contributed by atoms with E-state index >= 15 is 0 Å². The molecule has 6 atom stereocenters. The molecule has 3 saturated heterocycles. The van der Waals surface area contributed by atoms with Gasteiger partial charge in [0.15, 0.2) is 0 Å². The zero-order chi connectivity index (χ0) is 47.0. The molecule has 0 aliphatic carbocycles. The van der Waals surface area contributed by atoms with E-state index in [2.05, 4.69) is 43.0 Å². The first-order valence-corrected chi connectivity index (χ1v) is 22.4. The third-order valence-electron chi connectivity index (χ3n) is 14.1. The van der Waals surface area contributed by atoms with Crippen molar-refractivity contribution in [3.8, 4) is 0 Å². The number of nitrogens with two attached hydrogens (primary N) is 2. The average molecular weight is 880 g/mol. The van der Waals surface area contributed by atoms with Gasteiger partial charge >= 0.3 is 12.2 Å². The number of likely N-dealkylation sites (N-methyl/N-ethyl adjacent to an activating group) is 2. The number of nitrogens with zero attached hydrogens (tertiary/aromatic N) is 5. The highest BCUT2D eigenvalue weighted by Gasteiger charge is 2.54. The van der Waals surface area contributed by atoms with Gasteiger partial charge in [-0.05, 0) is 96.2 Å². The van der Waals surface area contributed by atoms with Gasteiger partial charge in [0.25, 0.3) is 0 Å². The summed E-state index contributed by atoms with van der Waals surface area (Å²) in [5, 5.41) is 19.6. The fourth-order valence-electron chi connectivity index (χ4n) is 10.8. The van der Waals surface area contributed by atoms with Crippen LogP contribution in [0.15, 0.2) is 72.8 Å². The van der Waals surface area contributed by atoms with Crippen molar-refractivity contribution in [2.45, 2.75) is 121 Å². The topological polar surface area (TPSA) is 211 Å². The zero-order valence-corrected chi connectivity index (χ0v) is 38.4. The number of likely N-dealkylation sites (tertiary alicyclic amines) is 2. The molecule has 6 rings (SSSR count). The van der Waals surface area contributed by atoms with Gasteiger partial charge in [-0.15, -0.1) is 0 Å². The number of carbonyl (C=O) groups is 6. The monoisotopic (exact) mass is 879 g/mol. The molecule has 3 aliphatic rings. The summed E-state index contributed by atoms with van der Waals surface area (Å²) in [5.41, 5.74) is 14.8. The Morgan fingerprint density at radius 3 is 1.25 bits per heavy atom. The van der Waals surface area contributed by atoms with E-state index in [9.17, 15) is 39.0 Å². The molecule has 64 heavy (non-hydrogen) atoms. The van der Waals surface area contributed by atoms with Crippen molar-refractivity contribution in [3.05, 3.63) is 101 Å². The summed E-state index contributed by atoms with van der Waals surface area (Å²) in [6.07, 6.45) is 0.757. The van der Waals surface area contributed by atoms with Crippen LogP contribution < -0.4 is 16.4 Å². The molecular weight excluding hydrogens is 815 g/mol. The number of anilines is 1. The second kappa shape index (κ2) is 18.5. The second-order valence-corrected chi connectivity index (χ2v) is 18.8. The minimum atomic E-state index is -1.45. The first-order valence-electron chi connectivity index (χ1n) is 22.4. The third-order valence-corrected chi connectivity index (χ3v) is 14.1. The third kappa shape index (κ3) is 8.24. The Hall–Kier alpha value is -6.12. The van der Waals surface area contributed by atoms with Gasteiger partial charge in [0.05, 0.1) is 12.1 Å². The highest BCUT2D eigenvalue weighted by Crippen LogP contribution is 2.49. The maximum Gasteiger partial charge on any atom is 0.407 e. The molecule has 0 radical (unpaired) electrons. The molecule has 6 amide bonds. The molecule has 3 fully saturated rings. The molecule has 0 bridgehead atoms. The summed E-state index contributed by atoms with van der Waals surface area (Å²) in [6.45, 7) is 11.9. The number of hydrogen-bond acceptors (Lipinski definition) is 7. The molecular formula is C49H65N7O8. The largest absolute Gasteiger partial charge is 0.465 e. The Morgan fingerprint density at radius 1 is 0.594 bits per heavy atom. The van der Waals surface area contributed by atoms with Crippen molar-refractivity contribution in [1.82, 2.24) is 19.6 Å².